The number of benzene rings is 1. The first-order valence-electron chi connectivity index (χ1n) is 8.90. The van der Waals surface area contributed by atoms with Crippen molar-refractivity contribution in [3.05, 3.63) is 46.2 Å². The molecule has 3 rings (SSSR count). The number of anilines is 1. The van der Waals surface area contributed by atoms with E-state index < -0.39 is 22.0 Å². The highest BCUT2D eigenvalue weighted by Crippen LogP contribution is 2.29. The molecule has 2 aromatic rings. The number of hydrogen-bond donors (Lipinski definition) is 0. The molecule has 0 bridgehead atoms. The third-order valence-electron chi connectivity index (χ3n) is 4.81. The van der Waals surface area contributed by atoms with Crippen molar-refractivity contribution in [2.45, 2.75) is 17.9 Å². The number of carbonyl (C=O) groups excluding carboxylic acids is 2. The molecule has 0 radical (unpaired) electrons. The standard InChI is InChI=1S/C19H22N2O6S2/c1-13-12-20(15-6-4-14(5-7-15)18(22)26-2)9-10-21(13)29(24,25)16-8-11-28-17(16)19(23)27-3/h4-8,11,13H,9-10,12H2,1-3H3. The van der Waals surface area contributed by atoms with E-state index in [2.05, 4.69) is 4.90 Å². The average Bonchev–Trinajstić information content (AvgIpc) is 3.23. The number of methoxy groups -OCH3 is 2. The highest BCUT2D eigenvalue weighted by atomic mass is 32.2. The van der Waals surface area contributed by atoms with E-state index in [1.165, 1.54) is 24.6 Å². The highest BCUT2D eigenvalue weighted by Gasteiger charge is 2.36. The number of hydrogen-bond acceptors (Lipinski definition) is 8. The van der Waals surface area contributed by atoms with E-state index in [0.717, 1.165) is 17.0 Å². The lowest BCUT2D eigenvalue weighted by Crippen LogP contribution is -2.54. The molecule has 29 heavy (non-hydrogen) atoms. The third kappa shape index (κ3) is 4.14. The Hall–Kier alpha value is -2.43. The summed E-state index contributed by atoms with van der Waals surface area (Å²) in [4.78, 5) is 25.6. The summed E-state index contributed by atoms with van der Waals surface area (Å²) in [5.41, 5.74) is 1.35. The Morgan fingerprint density at radius 2 is 1.69 bits per heavy atom. The predicted octanol–water partition coefficient (Wildman–Crippen LogP) is 2.22. The van der Waals surface area contributed by atoms with Gasteiger partial charge >= 0.3 is 11.9 Å². The second-order valence-corrected chi connectivity index (χ2v) is 9.33. The first kappa shape index (κ1) is 21.3. The van der Waals surface area contributed by atoms with Gasteiger partial charge in [-0.3, -0.25) is 0 Å². The van der Waals surface area contributed by atoms with E-state index in [4.69, 9.17) is 9.47 Å². The van der Waals surface area contributed by atoms with Crippen molar-refractivity contribution in [3.63, 3.8) is 0 Å². The van der Waals surface area contributed by atoms with Gasteiger partial charge < -0.3 is 14.4 Å². The molecule has 0 N–H and O–H groups in total. The molecular weight excluding hydrogens is 416 g/mol. The third-order valence-corrected chi connectivity index (χ3v) is 7.89. The number of piperazine rings is 1. The monoisotopic (exact) mass is 438 g/mol. The zero-order valence-electron chi connectivity index (χ0n) is 16.3. The zero-order valence-corrected chi connectivity index (χ0v) is 18.0. The van der Waals surface area contributed by atoms with Crippen molar-refractivity contribution >= 4 is 39.0 Å². The minimum atomic E-state index is -3.83. The maximum Gasteiger partial charge on any atom is 0.349 e. The SMILES string of the molecule is COC(=O)c1ccc(N2CCN(S(=O)(=O)c3ccsc3C(=O)OC)C(C)C2)cc1. The minimum Gasteiger partial charge on any atom is -0.465 e. The molecule has 1 aromatic carbocycles. The largest absolute Gasteiger partial charge is 0.465 e. The second kappa shape index (κ2) is 8.52. The molecule has 10 heteroatoms. The van der Waals surface area contributed by atoms with Gasteiger partial charge in [0.2, 0.25) is 10.0 Å². The lowest BCUT2D eigenvalue weighted by Gasteiger charge is -2.40. The van der Waals surface area contributed by atoms with Crippen LogP contribution in [-0.2, 0) is 19.5 Å². The summed E-state index contributed by atoms with van der Waals surface area (Å²) in [7, 11) is -1.27. The van der Waals surface area contributed by atoms with Gasteiger partial charge in [0, 0.05) is 31.4 Å². The average molecular weight is 439 g/mol. The molecule has 1 fully saturated rings. The Balaban J connectivity index is 1.77. The summed E-state index contributed by atoms with van der Waals surface area (Å²) in [6.07, 6.45) is 0. The molecule has 1 atom stereocenters. The van der Waals surface area contributed by atoms with E-state index in [-0.39, 0.29) is 22.4 Å². The van der Waals surface area contributed by atoms with Crippen molar-refractivity contribution in [2.75, 3.05) is 38.8 Å². The molecule has 0 saturated carbocycles. The number of esters is 2. The summed E-state index contributed by atoms with van der Waals surface area (Å²) >= 11 is 1.05. The van der Waals surface area contributed by atoms with Crippen molar-refractivity contribution in [2.24, 2.45) is 0 Å². The van der Waals surface area contributed by atoms with Crippen LogP contribution in [0, 0.1) is 0 Å². The van der Waals surface area contributed by atoms with Crippen molar-refractivity contribution in [1.29, 1.82) is 0 Å². The van der Waals surface area contributed by atoms with Crippen LogP contribution in [0.5, 0.6) is 0 Å². The number of sulfonamides is 1. The van der Waals surface area contributed by atoms with Crippen LogP contribution in [0.4, 0.5) is 5.69 Å². The van der Waals surface area contributed by atoms with Crippen LogP contribution < -0.4 is 4.90 Å². The zero-order chi connectivity index (χ0) is 21.2. The van der Waals surface area contributed by atoms with E-state index in [9.17, 15) is 18.0 Å². The van der Waals surface area contributed by atoms with Gasteiger partial charge in [-0.05, 0) is 42.6 Å². The van der Waals surface area contributed by atoms with Crippen molar-refractivity contribution < 1.29 is 27.5 Å². The van der Waals surface area contributed by atoms with Crippen molar-refractivity contribution in [3.8, 4) is 0 Å². The molecule has 1 saturated heterocycles. The van der Waals surface area contributed by atoms with Gasteiger partial charge in [-0.2, -0.15) is 4.31 Å². The van der Waals surface area contributed by atoms with Gasteiger partial charge in [0.25, 0.3) is 0 Å². The molecule has 156 valence electrons. The fourth-order valence-corrected chi connectivity index (χ4v) is 6.25. The fourth-order valence-electron chi connectivity index (χ4n) is 3.33. The van der Waals surface area contributed by atoms with E-state index in [1.807, 2.05) is 19.1 Å². The van der Waals surface area contributed by atoms with Gasteiger partial charge in [0.1, 0.15) is 9.77 Å². The fraction of sp³-hybridized carbons (Fsp3) is 0.368. The lowest BCUT2D eigenvalue weighted by atomic mass is 10.1. The molecule has 8 nitrogen and oxygen atoms in total. The summed E-state index contributed by atoms with van der Waals surface area (Å²) in [6.45, 7) is 3.07. The van der Waals surface area contributed by atoms with Gasteiger partial charge in [-0.25, -0.2) is 18.0 Å². The Bertz CT molecular complexity index is 1000. The van der Waals surface area contributed by atoms with Crippen LogP contribution >= 0.6 is 11.3 Å². The molecule has 0 spiro atoms. The summed E-state index contributed by atoms with van der Waals surface area (Å²) in [5, 5.41) is 1.57. The van der Waals surface area contributed by atoms with E-state index >= 15 is 0 Å². The van der Waals surface area contributed by atoms with Crippen LogP contribution in [0.15, 0.2) is 40.6 Å². The molecule has 1 aliphatic heterocycles. The Labute approximate surface area is 173 Å². The smallest absolute Gasteiger partial charge is 0.349 e. The van der Waals surface area contributed by atoms with Crippen LogP contribution in [-0.4, -0.2) is 64.6 Å². The number of nitrogens with zero attached hydrogens (tertiary/aromatic N) is 2. The number of ether oxygens (including phenoxy) is 2. The maximum absolute atomic E-state index is 13.2. The summed E-state index contributed by atoms with van der Waals surface area (Å²) in [5.74, 6) is -1.06. The summed E-state index contributed by atoms with van der Waals surface area (Å²) in [6, 6.07) is 8.14. The lowest BCUT2D eigenvalue weighted by molar-refractivity contribution is 0.0592. The van der Waals surface area contributed by atoms with Crippen LogP contribution in [0.1, 0.15) is 27.0 Å². The van der Waals surface area contributed by atoms with Gasteiger partial charge in [-0.1, -0.05) is 0 Å². The summed E-state index contributed by atoms with van der Waals surface area (Å²) < 4.78 is 37.1. The molecule has 2 heterocycles. The van der Waals surface area contributed by atoms with Gasteiger partial charge in [0.15, 0.2) is 0 Å². The number of carbonyl (C=O) groups is 2. The van der Waals surface area contributed by atoms with Crippen molar-refractivity contribution in [1.82, 2.24) is 4.31 Å². The molecular formula is C19H22N2O6S2. The second-order valence-electron chi connectivity index (χ2n) is 6.55. The first-order chi connectivity index (χ1) is 13.8. The maximum atomic E-state index is 13.2. The topological polar surface area (TPSA) is 93.2 Å². The quantitative estimate of drug-likeness (QED) is 0.661. The van der Waals surface area contributed by atoms with Crippen LogP contribution in [0.25, 0.3) is 0 Å². The minimum absolute atomic E-state index is 0.0166. The first-order valence-corrected chi connectivity index (χ1v) is 11.2. The predicted molar refractivity (Wildman–Crippen MR) is 109 cm³/mol. The van der Waals surface area contributed by atoms with E-state index in [0.29, 0.717) is 18.7 Å². The van der Waals surface area contributed by atoms with Crippen LogP contribution in [0.3, 0.4) is 0 Å². The Morgan fingerprint density at radius 3 is 2.28 bits per heavy atom. The molecule has 0 amide bonds. The number of rotatable bonds is 5. The molecule has 1 aliphatic rings. The molecule has 0 aliphatic carbocycles. The molecule has 1 aromatic heterocycles. The van der Waals surface area contributed by atoms with Gasteiger partial charge in [-0.15, -0.1) is 11.3 Å². The van der Waals surface area contributed by atoms with E-state index in [1.54, 1.807) is 17.5 Å². The highest BCUT2D eigenvalue weighted by molar-refractivity contribution is 7.89. The Morgan fingerprint density at radius 1 is 1.03 bits per heavy atom. The Kier molecular flexibility index (Phi) is 6.25. The van der Waals surface area contributed by atoms with Crippen LogP contribution in [0.2, 0.25) is 0 Å². The number of thiophene rings is 1. The molecule has 1 unspecified atom stereocenters. The van der Waals surface area contributed by atoms with Gasteiger partial charge in [0.05, 0.1) is 19.8 Å². The normalized spacial score (nSPS) is 17.8.